The number of benzene rings is 2. The average molecular weight is 296 g/mol. The zero-order valence-electron chi connectivity index (χ0n) is 13.3. The van der Waals surface area contributed by atoms with Crippen LogP contribution in [0, 0.1) is 19.7 Å². The van der Waals surface area contributed by atoms with Gasteiger partial charge in [-0.3, -0.25) is 0 Å². The smallest absolute Gasteiger partial charge is 0.146 e. The molecular weight excluding hydrogens is 275 g/mol. The van der Waals surface area contributed by atoms with Gasteiger partial charge < -0.3 is 10.2 Å². The fourth-order valence-electron chi connectivity index (χ4n) is 2.98. The van der Waals surface area contributed by atoms with E-state index in [4.69, 9.17) is 0 Å². The summed E-state index contributed by atoms with van der Waals surface area (Å²) < 4.78 is 14.1. The summed E-state index contributed by atoms with van der Waals surface area (Å²) >= 11 is 0. The fourth-order valence-corrected chi connectivity index (χ4v) is 2.98. The zero-order chi connectivity index (χ0) is 15.9. The Balaban J connectivity index is 2.00. The van der Waals surface area contributed by atoms with E-state index in [1.165, 1.54) is 11.1 Å². The molecule has 114 valence electrons. The Labute approximate surface area is 131 Å². The molecule has 2 aromatic carbocycles. The second kappa shape index (κ2) is 5.48. The Morgan fingerprint density at radius 1 is 1.14 bits per heavy atom. The van der Waals surface area contributed by atoms with Crippen molar-refractivity contribution in [2.24, 2.45) is 0 Å². The number of nitrogens with zero attached hydrogens (tertiary/aromatic N) is 1. The minimum absolute atomic E-state index is 0.232. The van der Waals surface area contributed by atoms with E-state index in [9.17, 15) is 4.39 Å². The number of halogens is 1. The molecule has 0 saturated heterocycles. The van der Waals surface area contributed by atoms with Gasteiger partial charge in [0.25, 0.3) is 0 Å². The molecular formula is C19H21FN2. The molecule has 1 heterocycles. The highest BCUT2D eigenvalue weighted by molar-refractivity contribution is 5.82. The molecule has 0 amide bonds. The highest BCUT2D eigenvalue weighted by Crippen LogP contribution is 2.34. The molecule has 0 saturated carbocycles. The van der Waals surface area contributed by atoms with E-state index in [-0.39, 0.29) is 5.82 Å². The zero-order valence-corrected chi connectivity index (χ0v) is 13.3. The molecule has 0 fully saturated rings. The molecule has 3 rings (SSSR count). The number of hydrogen-bond acceptors (Lipinski definition) is 2. The van der Waals surface area contributed by atoms with Gasteiger partial charge in [0.2, 0.25) is 0 Å². The van der Waals surface area contributed by atoms with Crippen LogP contribution in [-0.2, 0) is 6.42 Å². The molecule has 0 atom stereocenters. The first-order valence-corrected chi connectivity index (χ1v) is 7.55. The minimum Gasteiger partial charge on any atom is -0.386 e. The molecule has 1 aliphatic heterocycles. The summed E-state index contributed by atoms with van der Waals surface area (Å²) in [4.78, 5) is 2.17. The van der Waals surface area contributed by atoms with Crippen LogP contribution in [0.25, 0.3) is 5.70 Å². The van der Waals surface area contributed by atoms with Gasteiger partial charge in [0.05, 0.1) is 5.69 Å². The molecule has 0 bridgehead atoms. The Morgan fingerprint density at radius 2 is 1.91 bits per heavy atom. The van der Waals surface area contributed by atoms with Crippen molar-refractivity contribution in [1.82, 2.24) is 0 Å². The predicted molar refractivity (Wildman–Crippen MR) is 91.9 cm³/mol. The lowest BCUT2D eigenvalue weighted by Crippen LogP contribution is -2.29. The van der Waals surface area contributed by atoms with Crippen molar-refractivity contribution < 1.29 is 4.39 Å². The summed E-state index contributed by atoms with van der Waals surface area (Å²) in [6.45, 7) is 9.28. The number of hydrogen-bond donors (Lipinski definition) is 1. The van der Waals surface area contributed by atoms with Gasteiger partial charge in [-0.2, -0.15) is 0 Å². The van der Waals surface area contributed by atoms with Crippen LogP contribution < -0.4 is 10.2 Å². The molecule has 1 N–H and O–H groups in total. The summed E-state index contributed by atoms with van der Waals surface area (Å²) in [5, 5.41) is 2.90. The molecule has 0 spiro atoms. The van der Waals surface area contributed by atoms with Gasteiger partial charge in [-0.15, -0.1) is 0 Å². The second-order valence-electron chi connectivity index (χ2n) is 5.86. The molecule has 2 nitrogen and oxygen atoms in total. The summed E-state index contributed by atoms with van der Waals surface area (Å²) in [6, 6.07) is 9.89. The quantitative estimate of drug-likeness (QED) is 0.876. The maximum Gasteiger partial charge on any atom is 0.146 e. The molecule has 3 heteroatoms. The van der Waals surface area contributed by atoms with Crippen molar-refractivity contribution in [2.45, 2.75) is 20.3 Å². The lowest BCUT2D eigenvalue weighted by atomic mass is 9.95. The normalized spacial score (nSPS) is 14.0. The number of rotatable bonds is 2. The molecule has 0 radical (unpaired) electrons. The predicted octanol–water partition coefficient (Wildman–Crippen LogP) is 4.52. The van der Waals surface area contributed by atoms with Crippen LogP contribution in [-0.4, -0.2) is 13.6 Å². The molecule has 1 aliphatic rings. The maximum absolute atomic E-state index is 14.1. The van der Waals surface area contributed by atoms with Crippen LogP contribution in [0.5, 0.6) is 0 Å². The molecule has 0 aromatic heterocycles. The molecule has 0 aliphatic carbocycles. The Hall–Kier alpha value is -2.29. The van der Waals surface area contributed by atoms with Gasteiger partial charge in [0.15, 0.2) is 0 Å². The first-order chi connectivity index (χ1) is 10.5. The van der Waals surface area contributed by atoms with Crippen LogP contribution in [0.1, 0.15) is 22.3 Å². The Morgan fingerprint density at radius 3 is 2.59 bits per heavy atom. The lowest BCUT2D eigenvalue weighted by Gasteiger charge is -2.33. The van der Waals surface area contributed by atoms with Crippen LogP contribution in [0.2, 0.25) is 0 Å². The highest BCUT2D eigenvalue weighted by atomic mass is 19.1. The third-order valence-electron chi connectivity index (χ3n) is 4.51. The van der Waals surface area contributed by atoms with Crippen molar-refractivity contribution in [1.29, 1.82) is 0 Å². The third-order valence-corrected chi connectivity index (χ3v) is 4.51. The third kappa shape index (κ3) is 2.37. The number of nitrogens with one attached hydrogen (secondary N) is 1. The Bertz CT molecular complexity index is 749. The average Bonchev–Trinajstić information content (AvgIpc) is 2.51. The van der Waals surface area contributed by atoms with E-state index in [1.807, 2.05) is 6.07 Å². The summed E-state index contributed by atoms with van der Waals surface area (Å²) in [5.41, 5.74) is 7.12. The fraction of sp³-hybridized carbons (Fsp3) is 0.263. The topological polar surface area (TPSA) is 15.3 Å². The summed E-state index contributed by atoms with van der Waals surface area (Å²) in [5.74, 6) is -0.232. The van der Waals surface area contributed by atoms with Gasteiger partial charge in [0, 0.05) is 30.5 Å². The number of aryl methyl sites for hydroxylation is 2. The van der Waals surface area contributed by atoms with Crippen LogP contribution >= 0.6 is 0 Å². The molecule has 22 heavy (non-hydrogen) atoms. The Kier molecular flexibility index (Phi) is 3.65. The van der Waals surface area contributed by atoms with Crippen LogP contribution in [0.4, 0.5) is 15.8 Å². The maximum atomic E-state index is 14.1. The van der Waals surface area contributed by atoms with Gasteiger partial charge in [-0.05, 0) is 61.2 Å². The first-order valence-electron chi connectivity index (χ1n) is 7.55. The van der Waals surface area contributed by atoms with Crippen LogP contribution in [0.15, 0.2) is 36.9 Å². The minimum atomic E-state index is -0.232. The summed E-state index contributed by atoms with van der Waals surface area (Å²) in [7, 11) is 1.74. The van der Waals surface area contributed by atoms with E-state index < -0.39 is 0 Å². The number of anilines is 2. The van der Waals surface area contributed by atoms with E-state index in [2.05, 4.69) is 48.8 Å². The first kappa shape index (κ1) is 14.6. The number of fused-ring (bicyclic) bond motifs is 1. The summed E-state index contributed by atoms with van der Waals surface area (Å²) in [6.07, 6.45) is 0.885. The van der Waals surface area contributed by atoms with E-state index >= 15 is 0 Å². The molecule has 2 aromatic rings. The monoisotopic (exact) mass is 296 g/mol. The van der Waals surface area contributed by atoms with Gasteiger partial charge >= 0.3 is 0 Å². The van der Waals surface area contributed by atoms with Crippen molar-refractivity contribution in [3.05, 3.63) is 65.0 Å². The van der Waals surface area contributed by atoms with E-state index in [1.54, 1.807) is 13.1 Å². The van der Waals surface area contributed by atoms with Crippen molar-refractivity contribution in [3.63, 3.8) is 0 Å². The lowest BCUT2D eigenvalue weighted by molar-refractivity contribution is 0.629. The SMILES string of the molecule is C=C1c2cc(F)c(NC)cc2CCN1c1ccc(C)c(C)c1. The molecule has 0 unspecified atom stereocenters. The second-order valence-corrected chi connectivity index (χ2v) is 5.86. The van der Waals surface area contributed by atoms with Crippen molar-refractivity contribution >= 4 is 17.1 Å². The standard InChI is InChI=1S/C19H21FN2/c1-12-5-6-16(9-13(12)2)22-8-7-15-10-19(21-4)18(20)11-17(15)14(22)3/h5-6,9-11,21H,3,7-8H2,1-2,4H3. The van der Waals surface area contributed by atoms with Crippen LogP contribution in [0.3, 0.4) is 0 Å². The van der Waals surface area contributed by atoms with Crippen molar-refractivity contribution in [2.75, 3.05) is 23.8 Å². The van der Waals surface area contributed by atoms with Gasteiger partial charge in [0.1, 0.15) is 5.82 Å². The van der Waals surface area contributed by atoms with Gasteiger partial charge in [-0.25, -0.2) is 4.39 Å². The van der Waals surface area contributed by atoms with E-state index in [0.29, 0.717) is 5.69 Å². The van der Waals surface area contributed by atoms with E-state index in [0.717, 1.165) is 35.5 Å². The largest absolute Gasteiger partial charge is 0.386 e. The van der Waals surface area contributed by atoms with Crippen molar-refractivity contribution in [3.8, 4) is 0 Å². The highest BCUT2D eigenvalue weighted by Gasteiger charge is 2.22. The van der Waals surface area contributed by atoms with Gasteiger partial charge in [-0.1, -0.05) is 12.6 Å².